The summed E-state index contributed by atoms with van der Waals surface area (Å²) in [5, 5.41) is 20.8. The zero-order chi connectivity index (χ0) is 22.7. The number of carbonyl (C=O) groups is 1. The second-order valence-corrected chi connectivity index (χ2v) is 8.89. The first-order valence-corrected chi connectivity index (χ1v) is 11.2. The molecule has 1 aromatic heterocycles. The topological polar surface area (TPSA) is 100 Å². The molecule has 1 saturated carbocycles. The first-order valence-electron chi connectivity index (χ1n) is 11.2. The lowest BCUT2D eigenvalue weighted by molar-refractivity contribution is 0.112. The molecule has 0 atom stereocenters. The number of hydrogen-bond donors (Lipinski definition) is 3. The molecular weight excluding hydrogens is 404 g/mol. The normalized spacial score (nSPS) is 14.3. The van der Waals surface area contributed by atoms with Crippen molar-refractivity contribution in [1.29, 1.82) is 0 Å². The van der Waals surface area contributed by atoms with Crippen LogP contribution in [0, 0.1) is 0 Å². The number of aromatic hydroxyl groups is 1. The molecule has 0 saturated heterocycles. The van der Waals surface area contributed by atoms with E-state index in [1.54, 1.807) is 6.07 Å². The summed E-state index contributed by atoms with van der Waals surface area (Å²) in [5.74, 6) is 0.350. The molecule has 7 heteroatoms. The van der Waals surface area contributed by atoms with E-state index in [2.05, 4.69) is 27.6 Å². The Labute approximate surface area is 187 Å². The predicted molar refractivity (Wildman–Crippen MR) is 124 cm³/mol. The van der Waals surface area contributed by atoms with Crippen LogP contribution in [-0.4, -0.2) is 32.2 Å². The minimum absolute atomic E-state index is 0.0786. The van der Waals surface area contributed by atoms with E-state index in [9.17, 15) is 14.7 Å². The smallest absolute Gasteiger partial charge is 0.343 e. The van der Waals surface area contributed by atoms with Crippen LogP contribution in [0.3, 0.4) is 0 Å². The summed E-state index contributed by atoms with van der Waals surface area (Å²) < 4.78 is 1.51. The van der Waals surface area contributed by atoms with Crippen molar-refractivity contribution in [3.05, 3.63) is 69.1 Å². The summed E-state index contributed by atoms with van der Waals surface area (Å²) in [6.07, 6.45) is 5.86. The number of phenols is 1. The van der Waals surface area contributed by atoms with Gasteiger partial charge in [-0.05, 0) is 47.6 Å². The monoisotopic (exact) mass is 434 g/mol. The first-order chi connectivity index (χ1) is 15.5. The number of carbonyl (C=O) groups excluding carboxylic acids is 1. The van der Waals surface area contributed by atoms with Crippen molar-refractivity contribution in [2.75, 3.05) is 0 Å². The number of rotatable bonds is 8. The van der Waals surface area contributed by atoms with E-state index >= 15 is 0 Å². The van der Waals surface area contributed by atoms with Gasteiger partial charge in [0.2, 0.25) is 0 Å². The third-order valence-corrected chi connectivity index (χ3v) is 6.26. The third kappa shape index (κ3) is 4.67. The highest BCUT2D eigenvalue weighted by Gasteiger charge is 2.19. The third-order valence-electron chi connectivity index (χ3n) is 6.26. The molecule has 3 N–H and O–H groups in total. The van der Waals surface area contributed by atoms with Gasteiger partial charge in [0, 0.05) is 18.2 Å². The molecule has 0 aliphatic heterocycles. The number of aromatic nitrogens is 3. The summed E-state index contributed by atoms with van der Waals surface area (Å²) >= 11 is 0. The van der Waals surface area contributed by atoms with Crippen molar-refractivity contribution < 1.29 is 9.90 Å². The maximum Gasteiger partial charge on any atom is 0.343 e. The van der Waals surface area contributed by atoms with Gasteiger partial charge in [0.05, 0.1) is 12.1 Å². The summed E-state index contributed by atoms with van der Waals surface area (Å²) in [7, 11) is 0. The Hall–Kier alpha value is -3.19. The number of benzene rings is 2. The fraction of sp³-hybridized carbons (Fsp3) is 0.400. The number of hydrogen-bond acceptors (Lipinski definition) is 5. The molecule has 0 unspecified atom stereocenters. The van der Waals surface area contributed by atoms with Gasteiger partial charge in [0.25, 0.3) is 0 Å². The minimum Gasteiger partial charge on any atom is -0.507 e. The molecule has 0 bridgehead atoms. The first kappa shape index (κ1) is 22.0. The predicted octanol–water partition coefficient (Wildman–Crippen LogP) is 3.96. The fourth-order valence-electron chi connectivity index (χ4n) is 4.41. The molecule has 0 spiro atoms. The molecule has 3 aromatic rings. The lowest BCUT2D eigenvalue weighted by Gasteiger charge is -2.14. The molecule has 7 nitrogen and oxygen atoms in total. The Bertz CT molecular complexity index is 1140. The minimum atomic E-state index is -0.350. The number of aromatic amines is 1. The average Bonchev–Trinajstić information content (AvgIpc) is 3.43. The molecule has 0 radical (unpaired) electrons. The number of H-pyrrole nitrogens is 1. The van der Waals surface area contributed by atoms with Crippen LogP contribution in [0.25, 0.3) is 11.4 Å². The Balaban J connectivity index is 1.56. The van der Waals surface area contributed by atoms with Crippen LogP contribution in [0.15, 0.2) is 41.2 Å². The Morgan fingerprint density at radius 1 is 1.19 bits per heavy atom. The van der Waals surface area contributed by atoms with Crippen molar-refractivity contribution in [2.45, 2.75) is 64.6 Å². The van der Waals surface area contributed by atoms with Gasteiger partial charge >= 0.3 is 5.69 Å². The van der Waals surface area contributed by atoms with E-state index < -0.39 is 0 Å². The van der Waals surface area contributed by atoms with E-state index in [4.69, 9.17) is 0 Å². The molecular formula is C25H30N4O3. The van der Waals surface area contributed by atoms with Crippen molar-refractivity contribution in [2.24, 2.45) is 0 Å². The SMILES string of the molecule is CC(C)c1cc(-c2n[nH]c(=O)n2Cc2ccc(CNC3CCCC3)cc2)c(O)cc1C=O. The van der Waals surface area contributed by atoms with E-state index in [0.717, 1.165) is 24.0 Å². The molecule has 1 aliphatic carbocycles. The van der Waals surface area contributed by atoms with E-state index in [-0.39, 0.29) is 17.4 Å². The van der Waals surface area contributed by atoms with Crippen molar-refractivity contribution in [1.82, 2.24) is 20.1 Å². The van der Waals surface area contributed by atoms with Gasteiger partial charge in [0.1, 0.15) is 12.0 Å². The van der Waals surface area contributed by atoms with Crippen LogP contribution in [0.2, 0.25) is 0 Å². The standard InChI is InChI=1S/C25H30N4O3/c1-16(2)21-12-22(23(31)11-19(21)15-30)24-27-28-25(32)29(24)14-18-9-7-17(8-10-18)13-26-20-5-3-4-6-20/h7-12,15-16,20,26,31H,3-6,13-14H2,1-2H3,(H,28,32). The average molecular weight is 435 g/mol. The van der Waals surface area contributed by atoms with Gasteiger partial charge < -0.3 is 10.4 Å². The lowest BCUT2D eigenvalue weighted by Crippen LogP contribution is -2.25. The Kier molecular flexibility index (Phi) is 6.55. The molecule has 0 amide bonds. The van der Waals surface area contributed by atoms with Gasteiger partial charge in [-0.25, -0.2) is 9.89 Å². The zero-order valence-corrected chi connectivity index (χ0v) is 18.6. The Morgan fingerprint density at radius 2 is 1.88 bits per heavy atom. The zero-order valence-electron chi connectivity index (χ0n) is 18.6. The molecule has 1 aliphatic rings. The number of nitrogens with zero attached hydrogens (tertiary/aromatic N) is 2. The van der Waals surface area contributed by atoms with E-state index in [1.165, 1.54) is 41.9 Å². The molecule has 4 rings (SSSR count). The summed E-state index contributed by atoms with van der Waals surface area (Å²) in [5.41, 5.74) is 3.49. The second-order valence-electron chi connectivity index (χ2n) is 8.89. The highest BCUT2D eigenvalue weighted by Crippen LogP contribution is 2.33. The van der Waals surface area contributed by atoms with Crippen LogP contribution in [0.1, 0.15) is 72.5 Å². The molecule has 1 fully saturated rings. The number of nitrogens with one attached hydrogen (secondary N) is 2. The van der Waals surface area contributed by atoms with Crippen molar-refractivity contribution >= 4 is 6.29 Å². The van der Waals surface area contributed by atoms with Gasteiger partial charge in [0.15, 0.2) is 5.82 Å². The van der Waals surface area contributed by atoms with Crippen molar-refractivity contribution in [3.8, 4) is 17.1 Å². The summed E-state index contributed by atoms with van der Waals surface area (Å²) in [6, 6.07) is 12.0. The van der Waals surface area contributed by atoms with Gasteiger partial charge in [-0.3, -0.25) is 9.36 Å². The lowest BCUT2D eigenvalue weighted by atomic mass is 9.94. The maximum absolute atomic E-state index is 12.5. The van der Waals surface area contributed by atoms with Gasteiger partial charge in [-0.2, -0.15) is 5.10 Å². The number of aldehydes is 1. The largest absolute Gasteiger partial charge is 0.507 e. The van der Waals surface area contributed by atoms with E-state index in [0.29, 0.717) is 29.5 Å². The molecule has 2 aromatic carbocycles. The summed E-state index contributed by atoms with van der Waals surface area (Å²) in [4.78, 5) is 23.9. The summed E-state index contributed by atoms with van der Waals surface area (Å²) in [6.45, 7) is 5.12. The highest BCUT2D eigenvalue weighted by atomic mass is 16.3. The second kappa shape index (κ2) is 9.53. The van der Waals surface area contributed by atoms with Crippen LogP contribution < -0.4 is 11.0 Å². The Morgan fingerprint density at radius 3 is 2.53 bits per heavy atom. The van der Waals surface area contributed by atoms with Gasteiger partial charge in [-0.15, -0.1) is 0 Å². The molecule has 32 heavy (non-hydrogen) atoms. The molecule has 1 heterocycles. The van der Waals surface area contributed by atoms with Gasteiger partial charge in [-0.1, -0.05) is 51.0 Å². The highest BCUT2D eigenvalue weighted by molar-refractivity contribution is 5.82. The quantitative estimate of drug-likeness (QED) is 0.466. The maximum atomic E-state index is 12.5. The van der Waals surface area contributed by atoms with Crippen LogP contribution >= 0.6 is 0 Å². The fourth-order valence-corrected chi connectivity index (χ4v) is 4.41. The van der Waals surface area contributed by atoms with Crippen molar-refractivity contribution in [3.63, 3.8) is 0 Å². The number of phenolic OH excluding ortho intramolecular Hbond substituents is 1. The van der Waals surface area contributed by atoms with Crippen LogP contribution in [0.5, 0.6) is 5.75 Å². The molecule has 168 valence electrons. The van der Waals surface area contributed by atoms with E-state index in [1.807, 2.05) is 26.0 Å². The van der Waals surface area contributed by atoms with Crippen LogP contribution in [-0.2, 0) is 13.1 Å². The van der Waals surface area contributed by atoms with Crippen LogP contribution in [0.4, 0.5) is 0 Å².